The molecule has 3 nitrogen and oxygen atoms in total. The Morgan fingerprint density at radius 1 is 1.35 bits per heavy atom. The second kappa shape index (κ2) is 4.59. The zero-order chi connectivity index (χ0) is 14.4. The van der Waals surface area contributed by atoms with E-state index in [1.165, 1.54) is 11.1 Å². The van der Waals surface area contributed by atoms with Crippen molar-refractivity contribution in [2.24, 2.45) is 0 Å². The van der Waals surface area contributed by atoms with Crippen molar-refractivity contribution >= 4 is 5.97 Å². The number of hydrogen-bond donors (Lipinski definition) is 1. The Labute approximate surface area is 120 Å². The quantitative estimate of drug-likeness (QED) is 0.842. The number of benzene rings is 1. The number of rotatable bonds is 2. The molecule has 1 aromatic carbocycles. The fourth-order valence-corrected chi connectivity index (χ4v) is 3.95. The Hall–Kier alpha value is -1.35. The molecule has 0 spiro atoms. The summed E-state index contributed by atoms with van der Waals surface area (Å²) in [6.45, 7) is 7.74. The minimum absolute atomic E-state index is 0.0468. The number of piperidine rings is 1. The number of esters is 1. The monoisotopic (exact) mass is 273 g/mol. The van der Waals surface area contributed by atoms with Gasteiger partial charge in [0, 0.05) is 11.5 Å². The van der Waals surface area contributed by atoms with E-state index >= 15 is 0 Å². The van der Waals surface area contributed by atoms with Crippen LogP contribution in [0.25, 0.3) is 0 Å². The second-order valence-corrected chi connectivity index (χ2v) is 6.53. The largest absolute Gasteiger partial charge is 0.465 e. The van der Waals surface area contributed by atoms with E-state index in [9.17, 15) is 4.79 Å². The summed E-state index contributed by atoms with van der Waals surface area (Å²) in [5, 5.41) is 3.60. The molecule has 2 aliphatic rings. The topological polar surface area (TPSA) is 38.3 Å². The van der Waals surface area contributed by atoms with Crippen LogP contribution >= 0.6 is 0 Å². The van der Waals surface area contributed by atoms with Gasteiger partial charge in [0.2, 0.25) is 0 Å². The predicted octanol–water partition coefficient (Wildman–Crippen LogP) is 2.53. The van der Waals surface area contributed by atoms with Gasteiger partial charge in [-0.05, 0) is 37.4 Å². The summed E-state index contributed by atoms with van der Waals surface area (Å²) in [4.78, 5) is 12.7. The first-order valence-electron chi connectivity index (χ1n) is 7.53. The fraction of sp³-hybridized carbons (Fsp3) is 0.588. The highest BCUT2D eigenvalue weighted by atomic mass is 16.5. The molecule has 108 valence electrons. The van der Waals surface area contributed by atoms with Crippen molar-refractivity contribution in [1.82, 2.24) is 5.32 Å². The lowest BCUT2D eigenvalue weighted by Crippen LogP contribution is -2.61. The summed E-state index contributed by atoms with van der Waals surface area (Å²) in [6, 6.07) is 8.73. The standard InChI is InChI=1S/C17H23NO2/c1-4-20-15(19)17-9-10-18-14(11-17)16(2,3)12-7-5-6-8-13(12)17/h5-8,14,18H,4,9-11H2,1-3H3. The fourth-order valence-electron chi connectivity index (χ4n) is 3.95. The zero-order valence-corrected chi connectivity index (χ0v) is 12.5. The Morgan fingerprint density at radius 3 is 2.75 bits per heavy atom. The molecule has 0 aromatic heterocycles. The van der Waals surface area contributed by atoms with Gasteiger partial charge in [-0.2, -0.15) is 0 Å². The second-order valence-electron chi connectivity index (χ2n) is 6.53. The van der Waals surface area contributed by atoms with Gasteiger partial charge in [-0.15, -0.1) is 0 Å². The zero-order valence-electron chi connectivity index (χ0n) is 12.5. The van der Waals surface area contributed by atoms with Crippen LogP contribution in [-0.4, -0.2) is 25.2 Å². The highest BCUT2D eigenvalue weighted by Gasteiger charge is 2.54. The molecule has 0 amide bonds. The average molecular weight is 273 g/mol. The van der Waals surface area contributed by atoms with Crippen molar-refractivity contribution in [3.63, 3.8) is 0 Å². The van der Waals surface area contributed by atoms with Gasteiger partial charge in [-0.25, -0.2) is 0 Å². The van der Waals surface area contributed by atoms with Crippen molar-refractivity contribution in [2.75, 3.05) is 13.2 Å². The van der Waals surface area contributed by atoms with Crippen LogP contribution in [0.4, 0.5) is 0 Å². The van der Waals surface area contributed by atoms with E-state index in [-0.39, 0.29) is 11.4 Å². The first-order valence-corrected chi connectivity index (χ1v) is 7.53. The van der Waals surface area contributed by atoms with Crippen molar-refractivity contribution in [3.05, 3.63) is 35.4 Å². The molecule has 3 heteroatoms. The SMILES string of the molecule is CCOC(=O)C12CCNC(C1)C(C)(C)c1ccccc12. The molecule has 2 unspecified atom stereocenters. The number of fused-ring (bicyclic) bond motifs is 4. The lowest BCUT2D eigenvalue weighted by molar-refractivity contribution is -0.152. The van der Waals surface area contributed by atoms with E-state index in [1.54, 1.807) is 0 Å². The molecule has 1 N–H and O–H groups in total. The van der Waals surface area contributed by atoms with Crippen LogP contribution in [-0.2, 0) is 20.4 Å². The molecule has 1 aliphatic carbocycles. The molecule has 20 heavy (non-hydrogen) atoms. The van der Waals surface area contributed by atoms with Crippen LogP contribution in [0.2, 0.25) is 0 Å². The molecule has 0 saturated carbocycles. The third-order valence-corrected chi connectivity index (χ3v) is 5.17. The number of nitrogens with one attached hydrogen (secondary N) is 1. The molecular weight excluding hydrogens is 250 g/mol. The molecule has 0 radical (unpaired) electrons. The van der Waals surface area contributed by atoms with Crippen molar-refractivity contribution in [2.45, 2.75) is 50.5 Å². The van der Waals surface area contributed by atoms with Gasteiger partial charge in [0.05, 0.1) is 12.0 Å². The van der Waals surface area contributed by atoms with Gasteiger partial charge in [0.25, 0.3) is 0 Å². The number of ether oxygens (including phenoxy) is 1. The van der Waals surface area contributed by atoms with Crippen molar-refractivity contribution in [3.8, 4) is 0 Å². The van der Waals surface area contributed by atoms with E-state index in [0.29, 0.717) is 12.6 Å². The summed E-state index contributed by atoms with van der Waals surface area (Å²) < 4.78 is 5.42. The van der Waals surface area contributed by atoms with Gasteiger partial charge in [0.15, 0.2) is 0 Å². The number of carbonyl (C=O) groups excluding carboxylic acids is 1. The molecule has 1 aliphatic heterocycles. The third kappa shape index (κ3) is 1.72. The Morgan fingerprint density at radius 2 is 2.05 bits per heavy atom. The molecule has 3 rings (SSSR count). The van der Waals surface area contributed by atoms with Crippen LogP contribution in [0.1, 0.15) is 44.7 Å². The average Bonchev–Trinajstić information content (AvgIpc) is 2.46. The molecule has 2 bridgehead atoms. The Bertz CT molecular complexity index is 538. The number of carbonyl (C=O) groups is 1. The maximum atomic E-state index is 12.7. The summed E-state index contributed by atoms with van der Waals surface area (Å²) in [5.74, 6) is -0.0468. The first kappa shape index (κ1) is 13.6. The number of hydrogen-bond acceptors (Lipinski definition) is 3. The van der Waals surface area contributed by atoms with E-state index in [2.05, 4.69) is 37.4 Å². The molecular formula is C17H23NO2. The van der Waals surface area contributed by atoms with Crippen LogP contribution in [0.15, 0.2) is 24.3 Å². The Kier molecular flexibility index (Phi) is 3.13. The highest BCUT2D eigenvalue weighted by Crippen LogP contribution is 2.50. The molecule has 1 fully saturated rings. The normalized spacial score (nSPS) is 30.4. The summed E-state index contributed by atoms with van der Waals surface area (Å²) >= 11 is 0. The van der Waals surface area contributed by atoms with Gasteiger partial charge >= 0.3 is 5.97 Å². The van der Waals surface area contributed by atoms with Crippen LogP contribution < -0.4 is 5.32 Å². The lowest BCUT2D eigenvalue weighted by atomic mass is 9.56. The minimum Gasteiger partial charge on any atom is -0.465 e. The minimum atomic E-state index is -0.446. The van der Waals surface area contributed by atoms with E-state index < -0.39 is 5.41 Å². The Balaban J connectivity index is 2.18. The molecule has 1 saturated heterocycles. The first-order chi connectivity index (χ1) is 9.52. The van der Waals surface area contributed by atoms with Crippen LogP contribution in [0.3, 0.4) is 0 Å². The maximum Gasteiger partial charge on any atom is 0.316 e. The van der Waals surface area contributed by atoms with Gasteiger partial charge < -0.3 is 10.1 Å². The van der Waals surface area contributed by atoms with Gasteiger partial charge in [-0.1, -0.05) is 38.1 Å². The van der Waals surface area contributed by atoms with Crippen molar-refractivity contribution < 1.29 is 9.53 Å². The summed E-state index contributed by atoms with van der Waals surface area (Å²) in [5.41, 5.74) is 2.07. The lowest BCUT2D eigenvalue weighted by Gasteiger charge is -2.52. The summed E-state index contributed by atoms with van der Waals surface area (Å²) in [7, 11) is 0. The molecule has 1 heterocycles. The smallest absolute Gasteiger partial charge is 0.316 e. The van der Waals surface area contributed by atoms with E-state index in [0.717, 1.165) is 19.4 Å². The summed E-state index contributed by atoms with van der Waals surface area (Å²) in [6.07, 6.45) is 1.67. The van der Waals surface area contributed by atoms with Gasteiger partial charge in [-0.3, -0.25) is 4.79 Å². The van der Waals surface area contributed by atoms with E-state index in [4.69, 9.17) is 4.74 Å². The van der Waals surface area contributed by atoms with Crippen LogP contribution in [0, 0.1) is 0 Å². The van der Waals surface area contributed by atoms with E-state index in [1.807, 2.05) is 13.0 Å². The molecule has 2 atom stereocenters. The maximum absolute atomic E-state index is 12.7. The third-order valence-electron chi connectivity index (χ3n) is 5.17. The van der Waals surface area contributed by atoms with Crippen molar-refractivity contribution in [1.29, 1.82) is 0 Å². The predicted molar refractivity (Wildman–Crippen MR) is 78.8 cm³/mol. The van der Waals surface area contributed by atoms with Crippen LogP contribution in [0.5, 0.6) is 0 Å². The molecule has 1 aromatic rings. The highest BCUT2D eigenvalue weighted by molar-refractivity contribution is 5.85. The van der Waals surface area contributed by atoms with Gasteiger partial charge in [0.1, 0.15) is 0 Å².